The second-order valence-corrected chi connectivity index (χ2v) is 6.07. The van der Waals surface area contributed by atoms with Crippen molar-refractivity contribution in [3.63, 3.8) is 0 Å². The molecule has 0 spiro atoms. The Bertz CT molecular complexity index is 637. The lowest BCUT2D eigenvalue weighted by molar-refractivity contribution is -0.122. The highest BCUT2D eigenvalue weighted by molar-refractivity contribution is 6.30. The lowest BCUT2D eigenvalue weighted by Gasteiger charge is -2.15. The summed E-state index contributed by atoms with van der Waals surface area (Å²) in [6.07, 6.45) is 0.503. The van der Waals surface area contributed by atoms with E-state index in [0.29, 0.717) is 16.7 Å². The van der Waals surface area contributed by atoms with E-state index in [2.05, 4.69) is 31.3 Å². The Morgan fingerprint density at radius 2 is 1.70 bits per heavy atom. The number of hydrogen-bond donors (Lipinski definition) is 1. The summed E-state index contributed by atoms with van der Waals surface area (Å²) in [5, 5.41) is 3.50. The number of carbonyl (C=O) groups is 1. The van der Waals surface area contributed by atoms with Gasteiger partial charge in [0.2, 0.25) is 0 Å². The summed E-state index contributed by atoms with van der Waals surface area (Å²) in [5.74, 6) is 0.951. The Morgan fingerprint density at radius 3 is 2.26 bits per heavy atom. The molecule has 0 heterocycles. The van der Waals surface area contributed by atoms with Gasteiger partial charge in [-0.2, -0.15) is 0 Å². The molecule has 0 radical (unpaired) electrons. The number of rotatable bonds is 6. The van der Waals surface area contributed by atoms with Gasteiger partial charge in [0, 0.05) is 10.7 Å². The van der Waals surface area contributed by atoms with Crippen LogP contribution in [0.15, 0.2) is 48.5 Å². The van der Waals surface area contributed by atoms with Gasteiger partial charge in [-0.15, -0.1) is 0 Å². The zero-order valence-corrected chi connectivity index (χ0v) is 14.4. The minimum atomic E-state index is -0.592. The Morgan fingerprint density at radius 1 is 1.09 bits per heavy atom. The van der Waals surface area contributed by atoms with Gasteiger partial charge in [0.05, 0.1) is 0 Å². The van der Waals surface area contributed by atoms with Crippen LogP contribution in [0, 0.1) is 0 Å². The van der Waals surface area contributed by atoms with Crippen molar-refractivity contribution < 1.29 is 9.53 Å². The highest BCUT2D eigenvalue weighted by atomic mass is 35.5. The SMILES string of the molecule is CC[C@@H](C)c1ccc(NC(=O)[C@@H](C)Oc2ccc(Cl)cc2)cc1. The molecule has 2 aromatic carbocycles. The molecule has 3 nitrogen and oxygen atoms in total. The van der Waals surface area contributed by atoms with Crippen LogP contribution in [0.3, 0.4) is 0 Å². The Hall–Kier alpha value is -2.00. The van der Waals surface area contributed by atoms with Crippen molar-refractivity contribution in [2.75, 3.05) is 5.32 Å². The molecule has 122 valence electrons. The summed E-state index contributed by atoms with van der Waals surface area (Å²) < 4.78 is 5.61. The molecule has 1 N–H and O–H groups in total. The number of benzene rings is 2. The fourth-order valence-corrected chi connectivity index (χ4v) is 2.27. The molecule has 0 aliphatic heterocycles. The van der Waals surface area contributed by atoms with Gasteiger partial charge in [0.25, 0.3) is 5.91 Å². The van der Waals surface area contributed by atoms with Crippen LogP contribution >= 0.6 is 11.6 Å². The Labute approximate surface area is 142 Å². The van der Waals surface area contributed by atoms with Gasteiger partial charge in [-0.25, -0.2) is 0 Å². The van der Waals surface area contributed by atoms with E-state index >= 15 is 0 Å². The van der Waals surface area contributed by atoms with E-state index in [1.807, 2.05) is 12.1 Å². The molecule has 0 saturated heterocycles. The van der Waals surface area contributed by atoms with Gasteiger partial charge in [0.15, 0.2) is 6.10 Å². The molecule has 4 heteroatoms. The molecule has 0 fully saturated rings. The van der Waals surface area contributed by atoms with Crippen LogP contribution in [0.25, 0.3) is 0 Å². The molecular weight excluding hydrogens is 310 g/mol. The largest absolute Gasteiger partial charge is 0.481 e. The monoisotopic (exact) mass is 331 g/mol. The first-order chi connectivity index (χ1) is 11.0. The number of hydrogen-bond acceptors (Lipinski definition) is 2. The van der Waals surface area contributed by atoms with Gasteiger partial charge in [-0.05, 0) is 61.2 Å². The molecule has 23 heavy (non-hydrogen) atoms. The quantitative estimate of drug-likeness (QED) is 0.784. The first-order valence-electron chi connectivity index (χ1n) is 7.82. The van der Waals surface area contributed by atoms with Crippen molar-refractivity contribution in [1.82, 2.24) is 0 Å². The Balaban J connectivity index is 1.93. The number of halogens is 1. The van der Waals surface area contributed by atoms with Crippen LogP contribution in [0.4, 0.5) is 5.69 Å². The molecule has 0 aliphatic carbocycles. The van der Waals surface area contributed by atoms with Crippen LogP contribution in [0.5, 0.6) is 5.75 Å². The maximum Gasteiger partial charge on any atom is 0.265 e. The summed E-state index contributed by atoms with van der Waals surface area (Å²) in [6.45, 7) is 6.07. The average molecular weight is 332 g/mol. The summed E-state index contributed by atoms with van der Waals surface area (Å²) in [5.41, 5.74) is 2.05. The van der Waals surface area contributed by atoms with E-state index in [0.717, 1.165) is 12.1 Å². The maximum atomic E-state index is 12.2. The lowest BCUT2D eigenvalue weighted by Crippen LogP contribution is -2.30. The summed E-state index contributed by atoms with van der Waals surface area (Å²) in [7, 11) is 0. The van der Waals surface area contributed by atoms with Crippen molar-refractivity contribution in [1.29, 1.82) is 0 Å². The fourth-order valence-electron chi connectivity index (χ4n) is 2.15. The van der Waals surface area contributed by atoms with Gasteiger partial charge < -0.3 is 10.1 Å². The van der Waals surface area contributed by atoms with Crippen molar-refractivity contribution in [3.8, 4) is 5.75 Å². The zero-order valence-electron chi connectivity index (χ0n) is 13.7. The molecule has 0 saturated carbocycles. The highest BCUT2D eigenvalue weighted by Gasteiger charge is 2.15. The Kier molecular flexibility index (Phi) is 6.05. The molecule has 2 aromatic rings. The van der Waals surface area contributed by atoms with Crippen molar-refractivity contribution in [2.45, 2.75) is 39.2 Å². The van der Waals surface area contributed by atoms with Gasteiger partial charge in [-0.1, -0.05) is 37.6 Å². The second-order valence-electron chi connectivity index (χ2n) is 5.63. The van der Waals surface area contributed by atoms with Crippen LogP contribution in [0.1, 0.15) is 38.7 Å². The van der Waals surface area contributed by atoms with E-state index in [4.69, 9.17) is 16.3 Å². The van der Waals surface area contributed by atoms with E-state index in [-0.39, 0.29) is 5.91 Å². The normalized spacial score (nSPS) is 13.2. The molecule has 0 aliphatic rings. The number of nitrogens with one attached hydrogen (secondary N) is 1. The lowest BCUT2D eigenvalue weighted by atomic mass is 9.99. The molecule has 2 rings (SSSR count). The predicted octanol–water partition coefficient (Wildman–Crippen LogP) is 5.26. The van der Waals surface area contributed by atoms with E-state index in [1.165, 1.54) is 5.56 Å². The van der Waals surface area contributed by atoms with Crippen LogP contribution in [-0.2, 0) is 4.79 Å². The smallest absolute Gasteiger partial charge is 0.265 e. The van der Waals surface area contributed by atoms with Crippen molar-refractivity contribution in [3.05, 3.63) is 59.1 Å². The van der Waals surface area contributed by atoms with E-state index in [9.17, 15) is 4.79 Å². The van der Waals surface area contributed by atoms with Gasteiger partial charge >= 0.3 is 0 Å². The van der Waals surface area contributed by atoms with Gasteiger partial charge in [-0.3, -0.25) is 4.79 Å². The molecule has 1 amide bonds. The third kappa shape index (κ3) is 5.00. The minimum absolute atomic E-state index is 0.184. The van der Waals surface area contributed by atoms with Crippen LogP contribution < -0.4 is 10.1 Å². The average Bonchev–Trinajstić information content (AvgIpc) is 2.56. The standard InChI is InChI=1S/C19H22ClNO2/c1-4-13(2)15-5-9-17(10-6-15)21-19(22)14(3)23-18-11-7-16(20)8-12-18/h5-14H,4H2,1-3H3,(H,21,22)/t13-,14-/m1/s1. The fraction of sp³-hybridized carbons (Fsp3) is 0.316. The topological polar surface area (TPSA) is 38.3 Å². The van der Waals surface area contributed by atoms with Crippen molar-refractivity contribution >= 4 is 23.2 Å². The maximum absolute atomic E-state index is 12.2. The summed E-state index contributed by atoms with van der Waals surface area (Å²) >= 11 is 5.83. The van der Waals surface area contributed by atoms with Crippen molar-refractivity contribution in [2.24, 2.45) is 0 Å². The third-order valence-corrected chi connectivity index (χ3v) is 4.11. The summed E-state index contributed by atoms with van der Waals surface area (Å²) in [6, 6.07) is 14.9. The second kappa shape index (κ2) is 8.02. The van der Waals surface area contributed by atoms with Crippen LogP contribution in [-0.4, -0.2) is 12.0 Å². The van der Waals surface area contributed by atoms with Gasteiger partial charge in [0.1, 0.15) is 5.75 Å². The zero-order chi connectivity index (χ0) is 16.8. The molecule has 0 unspecified atom stereocenters. The molecule has 2 atom stereocenters. The first kappa shape index (κ1) is 17.4. The predicted molar refractivity (Wildman–Crippen MR) is 95.3 cm³/mol. The van der Waals surface area contributed by atoms with Crippen LogP contribution in [0.2, 0.25) is 5.02 Å². The summed E-state index contributed by atoms with van der Waals surface area (Å²) in [4.78, 5) is 12.2. The number of amides is 1. The molecular formula is C19H22ClNO2. The minimum Gasteiger partial charge on any atom is -0.481 e. The first-order valence-corrected chi connectivity index (χ1v) is 8.20. The third-order valence-electron chi connectivity index (χ3n) is 3.86. The van der Waals surface area contributed by atoms with E-state index < -0.39 is 6.10 Å². The molecule has 0 aromatic heterocycles. The number of carbonyl (C=O) groups excluding carboxylic acids is 1. The molecule has 0 bridgehead atoms. The van der Waals surface area contributed by atoms with E-state index in [1.54, 1.807) is 31.2 Å². The number of anilines is 1. The highest BCUT2D eigenvalue weighted by Crippen LogP contribution is 2.21. The number of ether oxygens (including phenoxy) is 1.